The van der Waals surface area contributed by atoms with Crippen molar-refractivity contribution in [2.24, 2.45) is 0 Å². The van der Waals surface area contributed by atoms with Crippen LogP contribution in [0.15, 0.2) is 18.2 Å². The van der Waals surface area contributed by atoms with Crippen LogP contribution >= 0.6 is 0 Å². The molecule has 3 N–H and O–H groups in total. The first-order chi connectivity index (χ1) is 7.59. The minimum atomic E-state index is -0.464. The molecule has 0 fully saturated rings. The lowest BCUT2D eigenvalue weighted by atomic mass is 10.1. The standard InChI is InChI=1S/C10H9N3O3/c1-5(14)12-13-7-4-2-3-6-8(7)10(16)11-9(6)15/h2-4,13H,1H3,(H,12,14)(H,11,15,16). The number of anilines is 1. The Balaban J connectivity index is 2.37. The number of carbonyl (C=O) groups excluding carboxylic acids is 3. The fraction of sp³-hybridized carbons (Fsp3) is 0.100. The van der Waals surface area contributed by atoms with Crippen LogP contribution in [0, 0.1) is 0 Å². The first-order valence-corrected chi connectivity index (χ1v) is 4.61. The Hall–Kier alpha value is -2.37. The summed E-state index contributed by atoms with van der Waals surface area (Å²) in [7, 11) is 0. The quantitative estimate of drug-likeness (QED) is 0.484. The van der Waals surface area contributed by atoms with Gasteiger partial charge in [-0.15, -0.1) is 0 Å². The van der Waals surface area contributed by atoms with E-state index in [1.165, 1.54) is 6.92 Å². The van der Waals surface area contributed by atoms with Gasteiger partial charge in [0.15, 0.2) is 0 Å². The van der Waals surface area contributed by atoms with E-state index in [0.29, 0.717) is 11.3 Å². The third kappa shape index (κ3) is 1.60. The summed E-state index contributed by atoms with van der Waals surface area (Å²) in [5, 5.41) is 2.18. The normalized spacial score (nSPS) is 13.1. The summed E-state index contributed by atoms with van der Waals surface area (Å²) in [5.74, 6) is -1.18. The molecule has 2 rings (SSSR count). The Kier molecular flexibility index (Phi) is 2.32. The predicted octanol–water partition coefficient (Wildman–Crippen LogP) is 0.0332. The lowest BCUT2D eigenvalue weighted by molar-refractivity contribution is -0.118. The molecule has 82 valence electrons. The third-order valence-corrected chi connectivity index (χ3v) is 2.14. The molecule has 0 bridgehead atoms. The summed E-state index contributed by atoms with van der Waals surface area (Å²) >= 11 is 0. The maximum atomic E-state index is 11.5. The van der Waals surface area contributed by atoms with Crippen molar-refractivity contribution >= 4 is 23.4 Å². The zero-order chi connectivity index (χ0) is 11.7. The molecule has 0 aliphatic carbocycles. The first kappa shape index (κ1) is 10.2. The van der Waals surface area contributed by atoms with Gasteiger partial charge >= 0.3 is 0 Å². The van der Waals surface area contributed by atoms with E-state index in [1.54, 1.807) is 18.2 Å². The predicted molar refractivity (Wildman–Crippen MR) is 55.7 cm³/mol. The molecule has 0 unspecified atom stereocenters. The molecular formula is C10H9N3O3. The van der Waals surface area contributed by atoms with E-state index in [2.05, 4.69) is 16.2 Å². The molecule has 0 aromatic heterocycles. The van der Waals surface area contributed by atoms with Crippen molar-refractivity contribution in [2.75, 3.05) is 5.43 Å². The fourth-order valence-electron chi connectivity index (χ4n) is 1.48. The third-order valence-electron chi connectivity index (χ3n) is 2.14. The summed E-state index contributed by atoms with van der Waals surface area (Å²) in [6.45, 7) is 1.33. The minimum absolute atomic E-state index is 0.251. The molecule has 0 spiro atoms. The zero-order valence-corrected chi connectivity index (χ0v) is 8.46. The van der Waals surface area contributed by atoms with Gasteiger partial charge in [-0.25, -0.2) is 0 Å². The molecule has 6 heteroatoms. The number of imide groups is 1. The molecule has 1 aliphatic rings. The van der Waals surface area contributed by atoms with Crippen molar-refractivity contribution < 1.29 is 14.4 Å². The molecule has 3 amide bonds. The van der Waals surface area contributed by atoms with E-state index in [1.807, 2.05) is 0 Å². The van der Waals surface area contributed by atoms with Gasteiger partial charge in [0.2, 0.25) is 5.91 Å². The molecule has 0 saturated heterocycles. The lowest BCUT2D eigenvalue weighted by Crippen LogP contribution is -2.28. The summed E-state index contributed by atoms with van der Waals surface area (Å²) in [5.41, 5.74) is 5.89. The number of hydrogen-bond acceptors (Lipinski definition) is 4. The van der Waals surface area contributed by atoms with Gasteiger partial charge in [0.05, 0.1) is 16.8 Å². The van der Waals surface area contributed by atoms with E-state index >= 15 is 0 Å². The molecule has 16 heavy (non-hydrogen) atoms. The minimum Gasteiger partial charge on any atom is -0.298 e. The molecule has 1 heterocycles. The summed E-state index contributed by atoms with van der Waals surface area (Å²) in [6, 6.07) is 4.78. The van der Waals surface area contributed by atoms with Gasteiger partial charge in [-0.05, 0) is 12.1 Å². The fourth-order valence-corrected chi connectivity index (χ4v) is 1.48. The Labute approximate surface area is 91.0 Å². The van der Waals surface area contributed by atoms with Gasteiger partial charge in [-0.3, -0.25) is 30.6 Å². The molecule has 0 radical (unpaired) electrons. The van der Waals surface area contributed by atoms with Gasteiger partial charge < -0.3 is 0 Å². The van der Waals surface area contributed by atoms with Crippen LogP contribution in [0.25, 0.3) is 0 Å². The average molecular weight is 219 g/mol. The van der Waals surface area contributed by atoms with Crippen LogP contribution in [0.4, 0.5) is 5.69 Å². The van der Waals surface area contributed by atoms with Crippen molar-refractivity contribution in [3.8, 4) is 0 Å². The van der Waals surface area contributed by atoms with Crippen LogP contribution in [-0.4, -0.2) is 17.7 Å². The van der Waals surface area contributed by atoms with Crippen molar-refractivity contribution in [1.29, 1.82) is 0 Å². The van der Waals surface area contributed by atoms with Crippen molar-refractivity contribution in [3.63, 3.8) is 0 Å². The number of benzene rings is 1. The highest BCUT2D eigenvalue weighted by Crippen LogP contribution is 2.23. The topological polar surface area (TPSA) is 87.3 Å². The second kappa shape index (κ2) is 3.65. The number of nitrogens with one attached hydrogen (secondary N) is 3. The molecular weight excluding hydrogens is 210 g/mol. The molecule has 1 aliphatic heterocycles. The smallest absolute Gasteiger partial charge is 0.261 e. The number of rotatable bonds is 2. The molecule has 0 atom stereocenters. The van der Waals surface area contributed by atoms with Crippen LogP contribution in [0.1, 0.15) is 27.6 Å². The lowest BCUT2D eigenvalue weighted by Gasteiger charge is -2.08. The van der Waals surface area contributed by atoms with Crippen LogP contribution in [-0.2, 0) is 4.79 Å². The van der Waals surface area contributed by atoms with Crippen molar-refractivity contribution in [1.82, 2.24) is 10.7 Å². The number of amides is 3. The number of hydrogen-bond donors (Lipinski definition) is 3. The molecule has 6 nitrogen and oxygen atoms in total. The monoisotopic (exact) mass is 219 g/mol. The van der Waals surface area contributed by atoms with Crippen LogP contribution < -0.4 is 16.2 Å². The maximum Gasteiger partial charge on any atom is 0.261 e. The molecule has 1 aromatic carbocycles. The van der Waals surface area contributed by atoms with E-state index < -0.39 is 11.8 Å². The highest BCUT2D eigenvalue weighted by atomic mass is 16.2. The van der Waals surface area contributed by atoms with Gasteiger partial charge in [0.25, 0.3) is 11.8 Å². The zero-order valence-electron chi connectivity index (χ0n) is 8.46. The first-order valence-electron chi connectivity index (χ1n) is 4.61. The van der Waals surface area contributed by atoms with E-state index in [-0.39, 0.29) is 11.5 Å². The highest BCUT2D eigenvalue weighted by molar-refractivity contribution is 6.23. The Morgan fingerprint density at radius 2 is 2.00 bits per heavy atom. The van der Waals surface area contributed by atoms with E-state index in [9.17, 15) is 14.4 Å². The van der Waals surface area contributed by atoms with Crippen LogP contribution in [0.3, 0.4) is 0 Å². The SMILES string of the molecule is CC(=O)NNc1cccc2c1C(=O)NC2=O. The van der Waals surface area contributed by atoms with Gasteiger partial charge in [-0.1, -0.05) is 6.07 Å². The Morgan fingerprint density at radius 1 is 1.25 bits per heavy atom. The van der Waals surface area contributed by atoms with E-state index in [0.717, 1.165) is 0 Å². The largest absolute Gasteiger partial charge is 0.298 e. The van der Waals surface area contributed by atoms with Crippen molar-refractivity contribution in [2.45, 2.75) is 6.92 Å². The number of carbonyl (C=O) groups is 3. The van der Waals surface area contributed by atoms with Gasteiger partial charge in [0.1, 0.15) is 0 Å². The Morgan fingerprint density at radius 3 is 2.69 bits per heavy atom. The summed E-state index contributed by atoms with van der Waals surface area (Å²) in [4.78, 5) is 33.5. The van der Waals surface area contributed by atoms with Crippen molar-refractivity contribution in [3.05, 3.63) is 29.3 Å². The summed E-state index contributed by atoms with van der Waals surface area (Å²) < 4.78 is 0. The number of fused-ring (bicyclic) bond motifs is 1. The second-order valence-corrected chi connectivity index (χ2v) is 3.32. The Bertz CT molecular complexity index is 496. The average Bonchev–Trinajstić information content (AvgIpc) is 2.52. The highest BCUT2D eigenvalue weighted by Gasteiger charge is 2.29. The molecule has 0 saturated carbocycles. The second-order valence-electron chi connectivity index (χ2n) is 3.32. The van der Waals surface area contributed by atoms with Gasteiger partial charge in [-0.2, -0.15) is 0 Å². The van der Waals surface area contributed by atoms with Crippen LogP contribution in [0.2, 0.25) is 0 Å². The van der Waals surface area contributed by atoms with Gasteiger partial charge in [0, 0.05) is 6.92 Å². The van der Waals surface area contributed by atoms with Crippen LogP contribution in [0.5, 0.6) is 0 Å². The number of hydrazine groups is 1. The maximum absolute atomic E-state index is 11.5. The summed E-state index contributed by atoms with van der Waals surface area (Å²) in [6.07, 6.45) is 0. The molecule has 1 aromatic rings. The van der Waals surface area contributed by atoms with E-state index in [4.69, 9.17) is 0 Å².